The largest absolute Gasteiger partial charge is 0.507 e. The minimum absolute atomic E-state index is 0.115. The lowest BCUT2D eigenvalue weighted by Gasteiger charge is -2.26. The van der Waals surface area contributed by atoms with Gasteiger partial charge in [0.1, 0.15) is 11.6 Å². The highest BCUT2D eigenvalue weighted by atomic mass is 19.1. The van der Waals surface area contributed by atoms with Gasteiger partial charge in [-0.2, -0.15) is 0 Å². The topological polar surface area (TPSA) is 77.8 Å². The number of aliphatic hydroxyl groups excluding tert-OH is 2. The number of halogens is 1. The van der Waals surface area contributed by atoms with Crippen LogP contribution in [0.4, 0.5) is 4.39 Å². The minimum Gasteiger partial charge on any atom is -0.507 e. The van der Waals surface area contributed by atoms with Crippen molar-refractivity contribution in [1.29, 1.82) is 0 Å². The van der Waals surface area contributed by atoms with Crippen LogP contribution < -0.4 is 0 Å². The average Bonchev–Trinajstić information content (AvgIpc) is 2.86. The van der Waals surface area contributed by atoms with Crippen LogP contribution in [-0.2, 0) is 9.59 Å². The predicted octanol–water partition coefficient (Wildman–Crippen LogP) is 2.94. The number of rotatable bonds is 4. The zero-order valence-corrected chi connectivity index (χ0v) is 15.0. The molecule has 1 amide bonds. The highest BCUT2D eigenvalue weighted by Gasteiger charge is 2.46. The molecule has 0 saturated carbocycles. The third-order valence-electron chi connectivity index (χ3n) is 4.49. The van der Waals surface area contributed by atoms with E-state index in [9.17, 15) is 24.2 Å². The summed E-state index contributed by atoms with van der Waals surface area (Å²) in [5.41, 5.74) is 1.60. The van der Waals surface area contributed by atoms with Gasteiger partial charge in [0.25, 0.3) is 11.7 Å². The van der Waals surface area contributed by atoms with E-state index < -0.39 is 29.7 Å². The van der Waals surface area contributed by atoms with E-state index in [2.05, 4.69) is 0 Å². The maximum absolute atomic E-state index is 13.8. The second-order valence-electron chi connectivity index (χ2n) is 6.72. The summed E-state index contributed by atoms with van der Waals surface area (Å²) in [6, 6.07) is 11.4. The van der Waals surface area contributed by atoms with Crippen LogP contribution in [0.2, 0.25) is 0 Å². The number of hydrogen-bond donors (Lipinski definition) is 2. The van der Waals surface area contributed by atoms with Crippen LogP contribution in [-0.4, -0.2) is 39.5 Å². The SMILES string of the molecule is Cc1ccc(C(O)=C2C(=O)C(=O)N(C[C@H](C)O)[C@@H]2c2cccc(F)c2)cc1. The number of carbonyl (C=O) groups excluding carboxylic acids is 2. The van der Waals surface area contributed by atoms with Crippen LogP contribution in [0.3, 0.4) is 0 Å². The smallest absolute Gasteiger partial charge is 0.295 e. The van der Waals surface area contributed by atoms with Gasteiger partial charge in [0.2, 0.25) is 0 Å². The van der Waals surface area contributed by atoms with Gasteiger partial charge in [-0.05, 0) is 31.5 Å². The van der Waals surface area contributed by atoms with Crippen LogP contribution in [0.25, 0.3) is 5.76 Å². The lowest BCUT2D eigenvalue weighted by molar-refractivity contribution is -0.140. The molecule has 2 aromatic rings. The molecule has 27 heavy (non-hydrogen) atoms. The van der Waals surface area contributed by atoms with Gasteiger partial charge in [-0.3, -0.25) is 9.59 Å². The van der Waals surface area contributed by atoms with E-state index in [0.29, 0.717) is 11.1 Å². The summed E-state index contributed by atoms with van der Waals surface area (Å²) in [6.07, 6.45) is -0.890. The van der Waals surface area contributed by atoms with Crippen molar-refractivity contribution in [3.8, 4) is 0 Å². The molecule has 1 heterocycles. The molecule has 2 aromatic carbocycles. The number of nitrogens with zero attached hydrogens (tertiary/aromatic N) is 1. The van der Waals surface area contributed by atoms with Crippen LogP contribution in [0, 0.1) is 12.7 Å². The van der Waals surface area contributed by atoms with Crippen LogP contribution in [0.15, 0.2) is 54.1 Å². The number of amides is 1. The van der Waals surface area contributed by atoms with Crippen LogP contribution in [0.5, 0.6) is 0 Å². The average molecular weight is 369 g/mol. The third kappa shape index (κ3) is 3.61. The predicted molar refractivity (Wildman–Crippen MR) is 98.3 cm³/mol. The monoisotopic (exact) mass is 369 g/mol. The molecule has 0 radical (unpaired) electrons. The number of ketones is 1. The molecule has 2 N–H and O–H groups in total. The number of likely N-dealkylation sites (tertiary alicyclic amines) is 1. The summed E-state index contributed by atoms with van der Waals surface area (Å²) in [5.74, 6) is -2.54. The van der Waals surface area contributed by atoms with Crippen molar-refractivity contribution in [2.24, 2.45) is 0 Å². The van der Waals surface area contributed by atoms with Gasteiger partial charge in [-0.15, -0.1) is 0 Å². The highest BCUT2D eigenvalue weighted by Crippen LogP contribution is 2.39. The molecule has 0 bridgehead atoms. The second kappa shape index (κ2) is 7.32. The Labute approximate surface area is 156 Å². The summed E-state index contributed by atoms with van der Waals surface area (Å²) in [7, 11) is 0. The summed E-state index contributed by atoms with van der Waals surface area (Å²) in [5, 5.41) is 20.5. The van der Waals surface area contributed by atoms with Crippen molar-refractivity contribution in [3.05, 3.63) is 76.6 Å². The first kappa shape index (κ1) is 18.8. The van der Waals surface area contributed by atoms with Crippen molar-refractivity contribution in [1.82, 2.24) is 4.90 Å². The molecule has 1 aliphatic heterocycles. The van der Waals surface area contributed by atoms with Gasteiger partial charge in [-0.1, -0.05) is 42.0 Å². The molecule has 0 unspecified atom stereocenters. The van der Waals surface area contributed by atoms with E-state index in [1.807, 2.05) is 6.92 Å². The Bertz CT molecular complexity index is 918. The van der Waals surface area contributed by atoms with Crippen LogP contribution >= 0.6 is 0 Å². The number of aliphatic hydroxyl groups is 2. The van der Waals surface area contributed by atoms with Gasteiger partial charge >= 0.3 is 0 Å². The van der Waals surface area contributed by atoms with Gasteiger partial charge in [-0.25, -0.2) is 4.39 Å². The molecule has 0 aromatic heterocycles. The van der Waals surface area contributed by atoms with E-state index in [4.69, 9.17) is 0 Å². The lowest BCUT2D eigenvalue weighted by atomic mass is 9.95. The summed E-state index contributed by atoms with van der Waals surface area (Å²) >= 11 is 0. The van der Waals surface area contributed by atoms with E-state index in [-0.39, 0.29) is 17.9 Å². The van der Waals surface area contributed by atoms with Gasteiger partial charge in [0.15, 0.2) is 0 Å². The number of hydrogen-bond acceptors (Lipinski definition) is 4. The number of benzene rings is 2. The zero-order valence-electron chi connectivity index (χ0n) is 15.0. The molecular weight excluding hydrogens is 349 g/mol. The van der Waals surface area contributed by atoms with Crippen molar-refractivity contribution >= 4 is 17.4 Å². The molecule has 6 heteroatoms. The van der Waals surface area contributed by atoms with Gasteiger partial charge in [0.05, 0.1) is 17.7 Å². The first-order valence-electron chi connectivity index (χ1n) is 8.58. The molecule has 3 rings (SSSR count). The standard InChI is InChI=1S/C21H20FNO4/c1-12-6-8-14(9-7-12)19(25)17-18(15-4-3-5-16(22)10-15)23(11-13(2)24)21(27)20(17)26/h3-10,13,18,24-25H,11H2,1-2H3/t13-,18+/m0/s1. The first-order chi connectivity index (χ1) is 12.8. The van der Waals surface area contributed by atoms with E-state index in [1.54, 1.807) is 30.3 Å². The molecular formula is C21H20FNO4. The number of Topliss-reactive ketones (excluding diaryl/α,β-unsaturated/α-hetero) is 1. The molecule has 1 aliphatic rings. The Hall–Kier alpha value is -2.99. The minimum atomic E-state index is -0.975. The lowest BCUT2D eigenvalue weighted by Crippen LogP contribution is -2.35. The number of carbonyl (C=O) groups is 2. The zero-order chi connectivity index (χ0) is 19.7. The summed E-state index contributed by atoms with van der Waals surface area (Å²) in [6.45, 7) is 3.26. The fourth-order valence-corrected chi connectivity index (χ4v) is 3.24. The highest BCUT2D eigenvalue weighted by molar-refractivity contribution is 6.46. The van der Waals surface area contributed by atoms with Crippen molar-refractivity contribution in [2.45, 2.75) is 26.0 Å². The molecule has 1 saturated heterocycles. The van der Waals surface area contributed by atoms with E-state index in [0.717, 1.165) is 5.56 Å². The van der Waals surface area contributed by atoms with E-state index in [1.165, 1.54) is 30.0 Å². The maximum atomic E-state index is 13.8. The Kier molecular flexibility index (Phi) is 5.10. The van der Waals surface area contributed by atoms with E-state index >= 15 is 0 Å². The fourth-order valence-electron chi connectivity index (χ4n) is 3.24. The normalized spacial score (nSPS) is 20.1. The number of aryl methyl sites for hydroxylation is 1. The Balaban J connectivity index is 2.19. The van der Waals surface area contributed by atoms with Crippen molar-refractivity contribution < 1.29 is 24.2 Å². The Morgan fingerprint density at radius 1 is 1.19 bits per heavy atom. The first-order valence-corrected chi connectivity index (χ1v) is 8.58. The quantitative estimate of drug-likeness (QED) is 0.493. The summed E-state index contributed by atoms with van der Waals surface area (Å²) in [4.78, 5) is 26.4. The molecule has 1 fully saturated rings. The van der Waals surface area contributed by atoms with Crippen LogP contribution in [0.1, 0.15) is 29.7 Å². The van der Waals surface area contributed by atoms with Crippen molar-refractivity contribution in [2.75, 3.05) is 6.54 Å². The maximum Gasteiger partial charge on any atom is 0.295 e. The Morgan fingerprint density at radius 3 is 2.44 bits per heavy atom. The number of β-amino-alcohol motifs (C(OH)–C–C–N with tert-alkyl or cyclic N) is 1. The van der Waals surface area contributed by atoms with Crippen molar-refractivity contribution in [3.63, 3.8) is 0 Å². The third-order valence-corrected chi connectivity index (χ3v) is 4.49. The summed E-state index contributed by atoms with van der Waals surface area (Å²) < 4.78 is 13.8. The second-order valence-corrected chi connectivity index (χ2v) is 6.72. The molecule has 5 nitrogen and oxygen atoms in total. The molecule has 0 spiro atoms. The molecule has 140 valence electrons. The Morgan fingerprint density at radius 2 is 1.85 bits per heavy atom. The molecule has 0 aliphatic carbocycles. The fraction of sp³-hybridized carbons (Fsp3) is 0.238. The van der Waals surface area contributed by atoms with Gasteiger partial charge in [0, 0.05) is 12.1 Å². The van der Waals surface area contributed by atoms with Gasteiger partial charge < -0.3 is 15.1 Å². The molecule has 2 atom stereocenters.